The topological polar surface area (TPSA) is 46.2 Å². The van der Waals surface area contributed by atoms with Gasteiger partial charge >= 0.3 is 0 Å². The van der Waals surface area contributed by atoms with E-state index < -0.39 is 5.60 Å². The highest BCUT2D eigenvalue weighted by atomic mass is 16.3. The minimum atomic E-state index is -0.839. The largest absolute Gasteiger partial charge is 0.386 e. The van der Waals surface area contributed by atoms with Gasteiger partial charge in [-0.2, -0.15) is 0 Å². The van der Waals surface area contributed by atoms with Gasteiger partial charge in [-0.1, -0.05) is 80.4 Å². The first-order valence-corrected chi connectivity index (χ1v) is 13.8. The van der Waals surface area contributed by atoms with E-state index >= 15 is 0 Å². The van der Waals surface area contributed by atoms with Crippen LogP contribution in [0.4, 0.5) is 0 Å². The summed E-state index contributed by atoms with van der Waals surface area (Å²) in [5.41, 5.74) is 6.01. The molecule has 0 aliphatic carbocycles. The zero-order chi connectivity index (χ0) is 25.1. The molecular formula is C30H59NO. The molecule has 3 N–H and O–H groups in total. The van der Waals surface area contributed by atoms with Crippen LogP contribution in [0.2, 0.25) is 0 Å². The quantitative estimate of drug-likeness (QED) is 0.193. The molecular weight excluding hydrogens is 390 g/mol. The van der Waals surface area contributed by atoms with Crippen LogP contribution in [-0.2, 0) is 0 Å². The summed E-state index contributed by atoms with van der Waals surface area (Å²) in [5.74, 6) is 0. The second-order valence-electron chi connectivity index (χ2n) is 10.6. The molecule has 0 amide bonds. The maximum Gasteiger partial charge on any atom is 0.0828 e. The fraction of sp³-hybridized carbons (Fsp3) is 0.867. The van der Waals surface area contributed by atoms with Crippen LogP contribution in [0.15, 0.2) is 25.3 Å². The van der Waals surface area contributed by atoms with Gasteiger partial charge in [-0.3, -0.25) is 0 Å². The lowest BCUT2D eigenvalue weighted by molar-refractivity contribution is -0.0891. The molecule has 3 unspecified atom stereocenters. The van der Waals surface area contributed by atoms with Crippen LogP contribution in [0.1, 0.15) is 132 Å². The lowest BCUT2D eigenvalue weighted by Crippen LogP contribution is -2.53. The van der Waals surface area contributed by atoms with Gasteiger partial charge in [0.25, 0.3) is 0 Å². The van der Waals surface area contributed by atoms with Crippen molar-refractivity contribution in [3.8, 4) is 0 Å². The highest BCUT2D eigenvalue weighted by molar-refractivity contribution is 5.14. The fourth-order valence-electron chi connectivity index (χ4n) is 7.26. The number of aliphatic hydroxyl groups is 1. The predicted molar refractivity (Wildman–Crippen MR) is 145 cm³/mol. The van der Waals surface area contributed by atoms with Gasteiger partial charge in [0.2, 0.25) is 0 Å². The van der Waals surface area contributed by atoms with Crippen molar-refractivity contribution in [1.82, 2.24) is 0 Å². The molecule has 0 radical (unpaired) electrons. The highest BCUT2D eigenvalue weighted by Crippen LogP contribution is 2.63. The van der Waals surface area contributed by atoms with Crippen molar-refractivity contribution in [2.24, 2.45) is 27.4 Å². The van der Waals surface area contributed by atoms with Crippen LogP contribution in [-0.4, -0.2) is 17.3 Å². The number of nitrogens with two attached hydrogens (primary N) is 1. The van der Waals surface area contributed by atoms with Crippen molar-refractivity contribution in [1.29, 1.82) is 0 Å². The van der Waals surface area contributed by atoms with Crippen molar-refractivity contribution >= 4 is 0 Å². The van der Waals surface area contributed by atoms with Gasteiger partial charge in [-0.25, -0.2) is 0 Å². The minimum Gasteiger partial charge on any atom is -0.386 e. The first-order chi connectivity index (χ1) is 15.1. The van der Waals surface area contributed by atoms with Crippen molar-refractivity contribution < 1.29 is 5.11 Å². The summed E-state index contributed by atoms with van der Waals surface area (Å²) in [4.78, 5) is 0. The Morgan fingerprint density at radius 2 is 1.16 bits per heavy atom. The normalized spacial score (nSPS) is 18.4. The molecule has 0 spiro atoms. The third-order valence-corrected chi connectivity index (χ3v) is 10.3. The molecule has 2 nitrogen and oxygen atoms in total. The summed E-state index contributed by atoms with van der Waals surface area (Å²) < 4.78 is 0. The second-order valence-corrected chi connectivity index (χ2v) is 10.6. The van der Waals surface area contributed by atoms with E-state index in [0.717, 1.165) is 57.9 Å². The summed E-state index contributed by atoms with van der Waals surface area (Å²) in [6, 6.07) is 0. The summed E-state index contributed by atoms with van der Waals surface area (Å²) in [5, 5.41) is 11.4. The monoisotopic (exact) mass is 449 g/mol. The molecule has 0 saturated heterocycles. The molecule has 190 valence electrons. The van der Waals surface area contributed by atoms with Crippen LogP contribution < -0.4 is 5.73 Å². The van der Waals surface area contributed by atoms with Crippen LogP contribution in [0.5, 0.6) is 0 Å². The van der Waals surface area contributed by atoms with E-state index in [1.54, 1.807) is 6.08 Å². The van der Waals surface area contributed by atoms with E-state index in [1.165, 1.54) is 19.3 Å². The first-order valence-electron chi connectivity index (χ1n) is 13.8. The highest BCUT2D eigenvalue weighted by Gasteiger charge is 2.56. The molecule has 0 aliphatic heterocycles. The molecule has 32 heavy (non-hydrogen) atoms. The van der Waals surface area contributed by atoms with Gasteiger partial charge in [0, 0.05) is 0 Å². The minimum absolute atomic E-state index is 0.0309. The van der Waals surface area contributed by atoms with Crippen molar-refractivity contribution in [2.45, 2.75) is 138 Å². The third kappa shape index (κ3) is 5.72. The maximum absolute atomic E-state index is 11.4. The Hall–Kier alpha value is -0.600. The van der Waals surface area contributed by atoms with E-state index in [0.29, 0.717) is 6.42 Å². The molecule has 0 aliphatic rings. The molecule has 0 bridgehead atoms. The van der Waals surface area contributed by atoms with Crippen molar-refractivity contribution in [3.63, 3.8) is 0 Å². The molecule has 0 heterocycles. The third-order valence-electron chi connectivity index (χ3n) is 10.3. The molecule has 0 aromatic rings. The lowest BCUT2D eigenvalue weighted by Gasteiger charge is -2.59. The van der Waals surface area contributed by atoms with Crippen LogP contribution in [0, 0.1) is 21.7 Å². The van der Waals surface area contributed by atoms with Crippen LogP contribution in [0.3, 0.4) is 0 Å². The average Bonchev–Trinajstić information content (AvgIpc) is 2.85. The second kappa shape index (κ2) is 13.3. The van der Waals surface area contributed by atoms with Crippen LogP contribution in [0.25, 0.3) is 0 Å². The van der Waals surface area contributed by atoms with Crippen LogP contribution >= 0.6 is 0 Å². The van der Waals surface area contributed by atoms with Gasteiger partial charge in [0.1, 0.15) is 0 Å². The van der Waals surface area contributed by atoms with E-state index in [-0.39, 0.29) is 21.7 Å². The number of allylic oxidation sites excluding steroid dienone is 1. The number of hydrogen-bond donors (Lipinski definition) is 2. The molecule has 2 heteroatoms. The summed E-state index contributed by atoms with van der Waals surface area (Å²) in [6.07, 6.45) is 16.7. The Balaban J connectivity index is 6.89. The first kappa shape index (κ1) is 31.4. The molecule has 0 rings (SSSR count). The standard InChI is InChI=1S/C30H59NO/c1-11-21-22-29(18-8,25-31)27(14-4,15-5)23-26(12-2,13-3)28(16-6,17-7)24-30(32,19-9)20-10/h12,19,32H,2,9,11,13-18,20-25,31H2,1,3-8,10H3. The molecule has 3 atom stereocenters. The van der Waals surface area contributed by atoms with E-state index in [2.05, 4.69) is 74.6 Å². The Labute approximate surface area is 202 Å². The summed E-state index contributed by atoms with van der Waals surface area (Å²) in [6.45, 7) is 27.6. The van der Waals surface area contributed by atoms with Gasteiger partial charge in [0.15, 0.2) is 0 Å². The van der Waals surface area contributed by atoms with Gasteiger partial charge in [-0.15, -0.1) is 13.2 Å². The number of unbranched alkanes of at least 4 members (excludes halogenated alkanes) is 1. The molecule has 0 aromatic heterocycles. The van der Waals surface area contributed by atoms with Gasteiger partial charge in [-0.05, 0) is 92.4 Å². The SMILES string of the molecule is C=CC(O)(CC)CC(CC)(CC)C(C=C)(CC)CC(CC)(CC)C(CC)(CN)CCCC. The fourth-order valence-corrected chi connectivity index (χ4v) is 7.26. The van der Waals surface area contributed by atoms with E-state index in [1.807, 2.05) is 0 Å². The Morgan fingerprint density at radius 3 is 1.44 bits per heavy atom. The van der Waals surface area contributed by atoms with E-state index in [4.69, 9.17) is 5.73 Å². The summed E-state index contributed by atoms with van der Waals surface area (Å²) >= 11 is 0. The average molecular weight is 450 g/mol. The summed E-state index contributed by atoms with van der Waals surface area (Å²) in [7, 11) is 0. The van der Waals surface area contributed by atoms with Crippen molar-refractivity contribution in [3.05, 3.63) is 25.3 Å². The molecule has 0 saturated carbocycles. The Morgan fingerprint density at radius 1 is 0.656 bits per heavy atom. The zero-order valence-electron chi connectivity index (χ0n) is 23.3. The zero-order valence-corrected chi connectivity index (χ0v) is 23.3. The molecule has 0 fully saturated rings. The lowest BCUT2D eigenvalue weighted by atomic mass is 9.45. The van der Waals surface area contributed by atoms with Gasteiger partial charge in [0.05, 0.1) is 5.60 Å². The van der Waals surface area contributed by atoms with Crippen molar-refractivity contribution in [2.75, 3.05) is 6.54 Å². The smallest absolute Gasteiger partial charge is 0.0828 e. The maximum atomic E-state index is 11.4. The Bertz CT molecular complexity index is 541. The predicted octanol–water partition coefficient (Wildman–Crippen LogP) is 8.83. The van der Waals surface area contributed by atoms with Gasteiger partial charge < -0.3 is 10.8 Å². The number of hydrogen-bond acceptors (Lipinski definition) is 2. The molecule has 0 aromatic carbocycles. The number of rotatable bonds is 19. The Kier molecular flexibility index (Phi) is 13.1. The van der Waals surface area contributed by atoms with E-state index in [9.17, 15) is 5.11 Å².